The molecule has 2 unspecified atom stereocenters. The molecule has 0 amide bonds. The zero-order valence-corrected chi connectivity index (χ0v) is 9.85. The van der Waals surface area contributed by atoms with E-state index in [4.69, 9.17) is 5.73 Å². The second kappa shape index (κ2) is 4.45. The lowest BCUT2D eigenvalue weighted by Crippen LogP contribution is -2.24. The van der Waals surface area contributed by atoms with E-state index in [1.54, 1.807) is 11.3 Å². The molecule has 1 fully saturated rings. The molecule has 0 bridgehead atoms. The van der Waals surface area contributed by atoms with E-state index in [-0.39, 0.29) is 5.92 Å². The number of ketones is 1. The summed E-state index contributed by atoms with van der Waals surface area (Å²) in [4.78, 5) is 13.4. The minimum atomic E-state index is 0.184. The fraction of sp³-hybridized carbons (Fsp3) is 0.583. The van der Waals surface area contributed by atoms with Gasteiger partial charge in [0, 0.05) is 21.7 Å². The van der Waals surface area contributed by atoms with Gasteiger partial charge in [0.05, 0.1) is 0 Å². The predicted octanol–water partition coefficient (Wildman–Crippen LogP) is 2.61. The first-order valence-electron chi connectivity index (χ1n) is 5.51. The molecule has 15 heavy (non-hydrogen) atoms. The summed E-state index contributed by atoms with van der Waals surface area (Å²) < 4.78 is 0. The SMILES string of the molecule is Cc1cc(C(=O)C2CCCC2CN)cs1. The summed E-state index contributed by atoms with van der Waals surface area (Å²) in [6.07, 6.45) is 3.30. The van der Waals surface area contributed by atoms with E-state index >= 15 is 0 Å². The number of thiophene rings is 1. The Bertz CT molecular complexity index is 358. The molecule has 0 saturated heterocycles. The molecule has 0 aromatic carbocycles. The molecule has 1 saturated carbocycles. The molecule has 2 rings (SSSR count). The summed E-state index contributed by atoms with van der Waals surface area (Å²) >= 11 is 1.65. The average molecular weight is 223 g/mol. The van der Waals surface area contributed by atoms with Crippen LogP contribution < -0.4 is 5.73 Å². The standard InChI is InChI=1S/C12H17NOS/c1-8-5-10(7-15-8)12(14)11-4-2-3-9(11)6-13/h5,7,9,11H,2-4,6,13H2,1H3. The number of hydrogen-bond donors (Lipinski definition) is 1. The Hall–Kier alpha value is -0.670. The second-order valence-corrected chi connectivity index (χ2v) is 5.46. The topological polar surface area (TPSA) is 43.1 Å². The summed E-state index contributed by atoms with van der Waals surface area (Å²) in [6.45, 7) is 2.69. The Labute approximate surface area is 94.5 Å². The van der Waals surface area contributed by atoms with E-state index < -0.39 is 0 Å². The van der Waals surface area contributed by atoms with Gasteiger partial charge in [0.1, 0.15) is 0 Å². The van der Waals surface area contributed by atoms with E-state index in [1.165, 1.54) is 4.88 Å². The molecule has 1 aliphatic carbocycles. The van der Waals surface area contributed by atoms with Gasteiger partial charge in [0.25, 0.3) is 0 Å². The fourth-order valence-electron chi connectivity index (χ4n) is 2.45. The van der Waals surface area contributed by atoms with Crippen LogP contribution in [0.25, 0.3) is 0 Å². The number of hydrogen-bond acceptors (Lipinski definition) is 3. The minimum absolute atomic E-state index is 0.184. The first kappa shape index (κ1) is 10.8. The van der Waals surface area contributed by atoms with Crippen LogP contribution in [0.4, 0.5) is 0 Å². The van der Waals surface area contributed by atoms with Gasteiger partial charge in [-0.2, -0.15) is 0 Å². The number of carbonyl (C=O) groups excluding carboxylic acids is 1. The summed E-state index contributed by atoms with van der Waals surface area (Å²) in [5.41, 5.74) is 6.59. The van der Waals surface area contributed by atoms with Gasteiger partial charge >= 0.3 is 0 Å². The molecular formula is C12H17NOS. The molecule has 2 nitrogen and oxygen atoms in total. The van der Waals surface area contributed by atoms with Crippen molar-refractivity contribution >= 4 is 17.1 Å². The Morgan fingerprint density at radius 1 is 1.60 bits per heavy atom. The third-order valence-corrected chi connectivity index (χ3v) is 4.18. The smallest absolute Gasteiger partial charge is 0.167 e. The van der Waals surface area contributed by atoms with Gasteiger partial charge in [-0.25, -0.2) is 0 Å². The van der Waals surface area contributed by atoms with Gasteiger partial charge in [0.15, 0.2) is 5.78 Å². The van der Waals surface area contributed by atoms with Gasteiger partial charge in [-0.3, -0.25) is 4.79 Å². The largest absolute Gasteiger partial charge is 0.330 e. The lowest BCUT2D eigenvalue weighted by atomic mass is 9.89. The highest BCUT2D eigenvalue weighted by molar-refractivity contribution is 7.10. The maximum Gasteiger partial charge on any atom is 0.167 e. The van der Waals surface area contributed by atoms with Crippen molar-refractivity contribution in [1.82, 2.24) is 0 Å². The van der Waals surface area contributed by atoms with Gasteiger partial charge < -0.3 is 5.73 Å². The zero-order valence-electron chi connectivity index (χ0n) is 9.03. The Kier molecular flexibility index (Phi) is 3.22. The first-order valence-corrected chi connectivity index (χ1v) is 6.39. The quantitative estimate of drug-likeness (QED) is 0.800. The summed E-state index contributed by atoms with van der Waals surface area (Å²) in [6, 6.07) is 2.00. The number of aryl methyl sites for hydroxylation is 1. The van der Waals surface area contributed by atoms with Crippen LogP contribution in [-0.4, -0.2) is 12.3 Å². The van der Waals surface area contributed by atoms with Crippen LogP contribution in [0.2, 0.25) is 0 Å². The first-order chi connectivity index (χ1) is 7.22. The highest BCUT2D eigenvalue weighted by atomic mass is 32.1. The van der Waals surface area contributed by atoms with Crippen molar-refractivity contribution in [2.75, 3.05) is 6.54 Å². The molecule has 2 N–H and O–H groups in total. The summed E-state index contributed by atoms with van der Waals surface area (Å²) in [5, 5.41) is 1.98. The lowest BCUT2D eigenvalue weighted by Gasteiger charge is -2.15. The zero-order chi connectivity index (χ0) is 10.8. The molecule has 0 aliphatic heterocycles. The maximum absolute atomic E-state index is 12.2. The molecule has 0 radical (unpaired) electrons. The summed E-state index contributed by atoms with van der Waals surface area (Å²) in [7, 11) is 0. The molecule has 2 atom stereocenters. The number of nitrogens with two attached hydrogens (primary N) is 1. The van der Waals surface area contributed by atoms with E-state index in [1.807, 2.05) is 18.4 Å². The van der Waals surface area contributed by atoms with Crippen molar-refractivity contribution in [3.63, 3.8) is 0 Å². The van der Waals surface area contributed by atoms with Gasteiger partial charge in [0.2, 0.25) is 0 Å². The number of rotatable bonds is 3. The molecule has 82 valence electrons. The van der Waals surface area contributed by atoms with Crippen molar-refractivity contribution in [3.8, 4) is 0 Å². The molecule has 1 aromatic rings. The highest BCUT2D eigenvalue weighted by Crippen LogP contribution is 2.34. The third-order valence-electron chi connectivity index (χ3n) is 3.31. The third kappa shape index (κ3) is 2.13. The molecule has 1 heterocycles. The average Bonchev–Trinajstić information content (AvgIpc) is 2.84. The molecule has 1 aromatic heterocycles. The van der Waals surface area contributed by atoms with Gasteiger partial charge in [-0.05, 0) is 38.3 Å². The van der Waals surface area contributed by atoms with Crippen molar-refractivity contribution in [2.24, 2.45) is 17.6 Å². The lowest BCUT2D eigenvalue weighted by molar-refractivity contribution is 0.0894. The molecule has 1 aliphatic rings. The molecule has 3 heteroatoms. The van der Waals surface area contributed by atoms with Crippen molar-refractivity contribution in [1.29, 1.82) is 0 Å². The maximum atomic E-state index is 12.2. The Morgan fingerprint density at radius 2 is 2.40 bits per heavy atom. The minimum Gasteiger partial charge on any atom is -0.330 e. The van der Waals surface area contributed by atoms with Crippen LogP contribution in [0.5, 0.6) is 0 Å². The van der Waals surface area contributed by atoms with E-state index in [2.05, 4.69) is 0 Å². The molecular weight excluding hydrogens is 206 g/mol. The van der Waals surface area contributed by atoms with Crippen LogP contribution >= 0.6 is 11.3 Å². The Morgan fingerprint density at radius 3 is 3.00 bits per heavy atom. The van der Waals surface area contributed by atoms with Crippen molar-refractivity contribution in [2.45, 2.75) is 26.2 Å². The van der Waals surface area contributed by atoms with Crippen LogP contribution in [0.3, 0.4) is 0 Å². The van der Waals surface area contributed by atoms with Crippen LogP contribution in [0.15, 0.2) is 11.4 Å². The fourth-order valence-corrected chi connectivity index (χ4v) is 3.14. The second-order valence-electron chi connectivity index (χ2n) is 4.34. The van der Waals surface area contributed by atoms with E-state index in [0.29, 0.717) is 18.2 Å². The summed E-state index contributed by atoms with van der Waals surface area (Å²) in [5.74, 6) is 0.911. The van der Waals surface area contributed by atoms with Crippen LogP contribution in [0.1, 0.15) is 34.5 Å². The number of carbonyl (C=O) groups is 1. The van der Waals surface area contributed by atoms with E-state index in [9.17, 15) is 4.79 Å². The van der Waals surface area contributed by atoms with Gasteiger partial charge in [-0.1, -0.05) is 6.42 Å². The normalized spacial score (nSPS) is 25.7. The van der Waals surface area contributed by atoms with E-state index in [0.717, 1.165) is 24.8 Å². The molecule has 0 spiro atoms. The highest BCUT2D eigenvalue weighted by Gasteiger charge is 2.32. The number of Topliss-reactive ketones (excluding diaryl/α,β-unsaturated/α-hetero) is 1. The predicted molar refractivity (Wildman–Crippen MR) is 63.3 cm³/mol. The monoisotopic (exact) mass is 223 g/mol. The van der Waals surface area contributed by atoms with Crippen molar-refractivity contribution in [3.05, 3.63) is 21.9 Å². The van der Waals surface area contributed by atoms with Gasteiger partial charge in [-0.15, -0.1) is 11.3 Å². The Balaban J connectivity index is 2.13. The van der Waals surface area contributed by atoms with Crippen LogP contribution in [-0.2, 0) is 0 Å². The van der Waals surface area contributed by atoms with Crippen molar-refractivity contribution < 1.29 is 4.79 Å². The van der Waals surface area contributed by atoms with Crippen LogP contribution in [0, 0.1) is 18.8 Å².